The van der Waals surface area contributed by atoms with E-state index in [2.05, 4.69) is 109 Å². The Morgan fingerprint density at radius 2 is 1.00 bits per heavy atom. The van der Waals surface area contributed by atoms with Gasteiger partial charge in [-0.1, -0.05) is 95.1 Å². The van der Waals surface area contributed by atoms with Crippen LogP contribution in [0.1, 0.15) is 54.4 Å². The fraction of sp³-hybridized carbons (Fsp3) is 0.175. The Kier molecular flexibility index (Phi) is 10.5. The van der Waals surface area contributed by atoms with Crippen molar-refractivity contribution < 1.29 is 49.0 Å². The van der Waals surface area contributed by atoms with Crippen molar-refractivity contribution in [3.63, 3.8) is 0 Å². The molecule has 0 aromatic heterocycles. The van der Waals surface area contributed by atoms with E-state index in [4.69, 9.17) is 0 Å². The van der Waals surface area contributed by atoms with E-state index in [9.17, 15) is 0 Å². The zero-order chi connectivity index (χ0) is 27.6. The van der Waals surface area contributed by atoms with E-state index < -0.39 is 0 Å². The van der Waals surface area contributed by atoms with Crippen molar-refractivity contribution in [3.05, 3.63) is 155 Å². The third-order valence-electron chi connectivity index (χ3n) is 8.64. The second-order valence-corrected chi connectivity index (χ2v) is 13.0. The Morgan fingerprint density at radius 3 is 1.44 bits per heavy atom. The normalized spacial score (nSPS) is 16.7. The summed E-state index contributed by atoms with van der Waals surface area (Å²) in [5.41, 5.74) is 10.9. The molecule has 4 aromatic carbocycles. The molecule has 9 rings (SSSR count). The van der Waals surface area contributed by atoms with E-state index in [0.717, 1.165) is 12.8 Å². The van der Waals surface area contributed by atoms with Gasteiger partial charge in [-0.3, -0.25) is 0 Å². The van der Waals surface area contributed by atoms with Gasteiger partial charge < -0.3 is 24.8 Å². The topological polar surface area (TPSA) is 0 Å². The molecule has 0 nitrogen and oxygen atoms in total. The van der Waals surface area contributed by atoms with Crippen LogP contribution in [0.2, 0.25) is 0 Å². The molecule has 0 N–H and O–H groups in total. The molecule has 43 heavy (non-hydrogen) atoms. The van der Waals surface area contributed by atoms with Crippen molar-refractivity contribution in [2.24, 2.45) is 0 Å². The average Bonchev–Trinajstić information content (AvgIpc) is 3.72. The van der Waals surface area contributed by atoms with Gasteiger partial charge in [0.2, 0.25) is 0 Å². The molecule has 0 heterocycles. The molecule has 0 amide bonds. The average molecular weight is 675 g/mol. The first-order chi connectivity index (χ1) is 20.3. The van der Waals surface area contributed by atoms with Gasteiger partial charge in [-0.15, -0.1) is 23.3 Å². The van der Waals surface area contributed by atoms with Crippen LogP contribution in [0, 0.1) is 12.2 Å². The molecule has 3 heteroatoms. The SMILES string of the molecule is [C-]1=CC=C2C1=CCc1ccc3ccccc3c12.[C-]1=CC=C2C1=CCc1ccc3ccccc3c12.[Cl-].[Cl-].[Zr+2]=[C]1CCCCC1. The van der Waals surface area contributed by atoms with E-state index in [-0.39, 0.29) is 24.8 Å². The summed E-state index contributed by atoms with van der Waals surface area (Å²) in [5.74, 6) is 0. The number of fused-ring (bicyclic) bond motifs is 10. The van der Waals surface area contributed by atoms with E-state index in [0.29, 0.717) is 0 Å². The fourth-order valence-corrected chi connectivity index (χ4v) is 7.42. The molecule has 1 saturated carbocycles. The van der Waals surface area contributed by atoms with Crippen LogP contribution in [0.15, 0.2) is 120 Å². The summed E-state index contributed by atoms with van der Waals surface area (Å²) in [6.45, 7) is 0. The number of rotatable bonds is 0. The molecule has 0 saturated heterocycles. The molecule has 0 unspecified atom stereocenters. The molecular formula is C40H32Cl2Zr-2. The number of benzene rings is 4. The molecule has 0 atom stereocenters. The molecule has 5 aliphatic carbocycles. The van der Waals surface area contributed by atoms with Crippen LogP contribution in [0.25, 0.3) is 32.7 Å². The summed E-state index contributed by atoms with van der Waals surface area (Å²) in [4.78, 5) is 0. The van der Waals surface area contributed by atoms with Crippen molar-refractivity contribution >= 4 is 35.9 Å². The predicted molar refractivity (Wildman–Crippen MR) is 171 cm³/mol. The monoisotopic (exact) mass is 672 g/mol. The quantitative estimate of drug-likeness (QED) is 0.249. The van der Waals surface area contributed by atoms with Crippen molar-refractivity contribution in [1.82, 2.24) is 0 Å². The maximum atomic E-state index is 3.31. The molecule has 0 radical (unpaired) electrons. The Bertz CT molecular complexity index is 1740. The van der Waals surface area contributed by atoms with Crippen LogP contribution in [0.5, 0.6) is 0 Å². The van der Waals surface area contributed by atoms with Crippen LogP contribution in [0.3, 0.4) is 0 Å². The predicted octanol–water partition coefficient (Wildman–Crippen LogP) is 3.84. The van der Waals surface area contributed by atoms with E-state index in [1.165, 1.54) is 98.2 Å². The Labute approximate surface area is 282 Å². The van der Waals surface area contributed by atoms with Gasteiger partial charge >= 0.3 is 59.5 Å². The zero-order valence-corrected chi connectivity index (χ0v) is 28.1. The summed E-state index contributed by atoms with van der Waals surface area (Å²) in [6, 6.07) is 26.2. The standard InChI is InChI=1S/2C17H11.C6H10.2ClH.Zr/c2*1-2-6-15-12(4-1)8-10-14-11-9-13-5-3-7-16(13)17(14)15;1-2-4-6-5-3-1;;;/h2*1-4,6-10H,11H2;1-5H2;2*1H;/q2*-1;;;;+2/p-2. The van der Waals surface area contributed by atoms with E-state index in [1.807, 2.05) is 12.2 Å². The van der Waals surface area contributed by atoms with Crippen molar-refractivity contribution in [3.8, 4) is 0 Å². The molecule has 5 aliphatic rings. The van der Waals surface area contributed by atoms with Gasteiger partial charge in [0.25, 0.3) is 0 Å². The molecule has 0 aliphatic heterocycles. The molecule has 0 spiro atoms. The number of hydrogen-bond acceptors (Lipinski definition) is 0. The first-order valence-electron chi connectivity index (χ1n) is 14.9. The summed E-state index contributed by atoms with van der Waals surface area (Å²) in [5, 5.41) is 5.36. The first-order valence-corrected chi connectivity index (χ1v) is 16.1. The molecular weight excluding hydrogens is 643 g/mol. The van der Waals surface area contributed by atoms with Gasteiger partial charge in [0.05, 0.1) is 0 Å². The molecule has 0 bridgehead atoms. The minimum atomic E-state index is 0. The van der Waals surface area contributed by atoms with Crippen LogP contribution in [-0.4, -0.2) is 3.21 Å². The zero-order valence-electron chi connectivity index (χ0n) is 24.1. The van der Waals surface area contributed by atoms with Crippen LogP contribution < -0.4 is 24.8 Å². The summed E-state index contributed by atoms with van der Waals surface area (Å²) in [7, 11) is 0. The third-order valence-corrected chi connectivity index (χ3v) is 9.87. The van der Waals surface area contributed by atoms with Gasteiger partial charge in [-0.05, 0) is 34.4 Å². The van der Waals surface area contributed by atoms with E-state index >= 15 is 0 Å². The Balaban J connectivity index is 0.000000136. The van der Waals surface area contributed by atoms with Gasteiger partial charge in [0.1, 0.15) is 0 Å². The van der Waals surface area contributed by atoms with Crippen molar-refractivity contribution in [2.75, 3.05) is 0 Å². The van der Waals surface area contributed by atoms with Crippen molar-refractivity contribution in [2.45, 2.75) is 44.9 Å². The second kappa shape index (κ2) is 14.3. The second-order valence-electron chi connectivity index (χ2n) is 11.2. The number of allylic oxidation sites excluding steroid dienone is 12. The number of halogens is 2. The van der Waals surface area contributed by atoms with Gasteiger partial charge in [0, 0.05) is 0 Å². The maximum absolute atomic E-state index is 3.31. The van der Waals surface area contributed by atoms with Crippen LogP contribution in [-0.2, 0) is 37.1 Å². The molecule has 4 aromatic rings. The van der Waals surface area contributed by atoms with Gasteiger partial charge in [0.15, 0.2) is 0 Å². The number of hydrogen-bond donors (Lipinski definition) is 0. The third kappa shape index (κ3) is 6.51. The summed E-state index contributed by atoms with van der Waals surface area (Å²) in [6.07, 6.45) is 28.9. The van der Waals surface area contributed by atoms with Gasteiger partial charge in [-0.2, -0.15) is 47.6 Å². The first kappa shape index (κ1) is 31.6. The molecule has 1 fully saturated rings. The van der Waals surface area contributed by atoms with E-state index in [1.54, 1.807) is 27.4 Å². The summed E-state index contributed by atoms with van der Waals surface area (Å²) < 4.78 is 1.80. The molecule has 212 valence electrons. The van der Waals surface area contributed by atoms with Crippen LogP contribution in [0.4, 0.5) is 0 Å². The Morgan fingerprint density at radius 1 is 0.535 bits per heavy atom. The minimum absolute atomic E-state index is 0. The summed E-state index contributed by atoms with van der Waals surface area (Å²) >= 11 is 1.69. The van der Waals surface area contributed by atoms with Crippen LogP contribution >= 0.6 is 0 Å². The van der Waals surface area contributed by atoms with Gasteiger partial charge in [-0.25, -0.2) is 0 Å². The van der Waals surface area contributed by atoms with Crippen molar-refractivity contribution in [1.29, 1.82) is 0 Å². The Hall–Kier alpha value is -2.83. The fourth-order valence-electron chi connectivity index (χ4n) is 6.55.